The maximum Gasteiger partial charge on any atom is 0.184 e. The van der Waals surface area contributed by atoms with Crippen LogP contribution in [0.15, 0.2) is 45.1 Å². The quantitative estimate of drug-likeness (QED) is 0.591. The highest BCUT2D eigenvalue weighted by molar-refractivity contribution is 9.10. The van der Waals surface area contributed by atoms with Crippen LogP contribution in [0.1, 0.15) is 9.67 Å². The van der Waals surface area contributed by atoms with E-state index in [4.69, 9.17) is 4.74 Å². The molecule has 0 fully saturated rings. The van der Waals surface area contributed by atoms with Crippen molar-refractivity contribution in [3.63, 3.8) is 0 Å². The smallest absolute Gasteiger partial charge is 0.184 e. The zero-order valence-electron chi connectivity index (χ0n) is 9.68. The second-order valence-corrected chi connectivity index (χ2v) is 6.30. The number of thioether (sulfide) groups is 1. The fraction of sp³-hybridized carbons (Fsp3) is 0.154. The third-order valence-electron chi connectivity index (χ3n) is 2.30. The van der Waals surface area contributed by atoms with Gasteiger partial charge in [0.25, 0.3) is 0 Å². The molecule has 1 aromatic heterocycles. The van der Waals surface area contributed by atoms with Crippen molar-refractivity contribution in [3.05, 3.63) is 45.1 Å². The fourth-order valence-corrected chi connectivity index (χ4v) is 3.77. The molecule has 0 amide bonds. The minimum atomic E-state index is 0.151. The minimum absolute atomic E-state index is 0.151. The largest absolute Gasteiger partial charge is 0.497 e. The Labute approximate surface area is 122 Å². The van der Waals surface area contributed by atoms with Crippen molar-refractivity contribution in [2.24, 2.45) is 0 Å². The van der Waals surface area contributed by atoms with Gasteiger partial charge >= 0.3 is 0 Å². The van der Waals surface area contributed by atoms with Crippen LogP contribution < -0.4 is 4.74 Å². The van der Waals surface area contributed by atoms with Crippen molar-refractivity contribution in [1.82, 2.24) is 0 Å². The normalized spacial score (nSPS) is 10.3. The molecule has 0 aliphatic carbocycles. The second-order valence-electron chi connectivity index (χ2n) is 3.49. The van der Waals surface area contributed by atoms with Gasteiger partial charge in [0, 0.05) is 9.37 Å². The van der Waals surface area contributed by atoms with E-state index in [0.717, 1.165) is 20.0 Å². The van der Waals surface area contributed by atoms with Gasteiger partial charge < -0.3 is 4.74 Å². The standard InChI is InChI=1S/C13H11BrO2S2/c1-16-9-2-4-10(5-3-9)18-8-12(15)13-11(14)6-7-17-13/h2-7H,8H2,1H3. The number of benzene rings is 1. The Morgan fingerprint density at radius 3 is 2.61 bits per heavy atom. The maximum atomic E-state index is 12.0. The lowest BCUT2D eigenvalue weighted by Crippen LogP contribution is -2.00. The number of hydrogen-bond acceptors (Lipinski definition) is 4. The molecule has 0 saturated carbocycles. The van der Waals surface area contributed by atoms with E-state index < -0.39 is 0 Å². The molecule has 18 heavy (non-hydrogen) atoms. The van der Waals surface area contributed by atoms with Crippen LogP contribution in [0.25, 0.3) is 0 Å². The molecule has 2 aromatic rings. The van der Waals surface area contributed by atoms with Crippen molar-refractivity contribution in [3.8, 4) is 5.75 Å². The zero-order valence-corrected chi connectivity index (χ0v) is 12.9. The summed E-state index contributed by atoms with van der Waals surface area (Å²) in [5, 5.41) is 1.91. The van der Waals surface area contributed by atoms with Gasteiger partial charge in [-0.1, -0.05) is 0 Å². The summed E-state index contributed by atoms with van der Waals surface area (Å²) >= 11 is 6.38. The first-order valence-corrected chi connectivity index (χ1v) is 7.89. The van der Waals surface area contributed by atoms with Crippen LogP contribution in [0.4, 0.5) is 0 Å². The summed E-state index contributed by atoms with van der Waals surface area (Å²) in [4.78, 5) is 13.8. The first-order chi connectivity index (χ1) is 8.70. The van der Waals surface area contributed by atoms with Gasteiger partial charge in [-0.25, -0.2) is 0 Å². The molecular weight excluding hydrogens is 332 g/mol. The summed E-state index contributed by atoms with van der Waals surface area (Å²) in [6.07, 6.45) is 0. The Kier molecular flexibility index (Phi) is 4.86. The zero-order chi connectivity index (χ0) is 13.0. The number of thiophene rings is 1. The first kappa shape index (κ1) is 13.6. The van der Waals surface area contributed by atoms with E-state index >= 15 is 0 Å². The molecule has 2 rings (SSSR count). The van der Waals surface area contributed by atoms with Gasteiger partial charge in [-0.3, -0.25) is 4.79 Å². The topological polar surface area (TPSA) is 26.3 Å². The number of ether oxygens (including phenoxy) is 1. The van der Waals surface area contributed by atoms with Crippen molar-refractivity contribution < 1.29 is 9.53 Å². The van der Waals surface area contributed by atoms with E-state index in [2.05, 4.69) is 15.9 Å². The number of halogens is 1. The average molecular weight is 343 g/mol. The number of hydrogen-bond donors (Lipinski definition) is 0. The van der Waals surface area contributed by atoms with Gasteiger partial charge in [-0.05, 0) is 51.6 Å². The molecule has 0 bridgehead atoms. The Hall–Kier alpha value is -0.780. The molecule has 1 heterocycles. The van der Waals surface area contributed by atoms with Crippen LogP contribution in [0.2, 0.25) is 0 Å². The van der Waals surface area contributed by atoms with Crippen LogP contribution >= 0.6 is 39.0 Å². The van der Waals surface area contributed by atoms with Crippen LogP contribution in [-0.4, -0.2) is 18.6 Å². The Bertz CT molecular complexity index is 534. The third kappa shape index (κ3) is 3.37. The van der Waals surface area contributed by atoms with Crippen LogP contribution in [0.5, 0.6) is 5.75 Å². The fourth-order valence-electron chi connectivity index (χ4n) is 1.38. The molecule has 5 heteroatoms. The number of carbonyl (C=O) groups is 1. The average Bonchev–Trinajstić information content (AvgIpc) is 2.83. The number of carbonyl (C=O) groups excluding carboxylic acids is 1. The van der Waals surface area contributed by atoms with Crippen molar-refractivity contribution in [2.45, 2.75) is 4.90 Å². The van der Waals surface area contributed by atoms with E-state index in [0.29, 0.717) is 5.75 Å². The van der Waals surface area contributed by atoms with Gasteiger partial charge in [0.15, 0.2) is 5.78 Å². The van der Waals surface area contributed by atoms with E-state index in [1.807, 2.05) is 35.7 Å². The van der Waals surface area contributed by atoms with Gasteiger partial charge in [-0.2, -0.15) is 0 Å². The summed E-state index contributed by atoms with van der Waals surface area (Å²) in [7, 11) is 1.64. The molecule has 0 aliphatic heterocycles. The van der Waals surface area contributed by atoms with Gasteiger partial charge in [0.1, 0.15) is 5.75 Å². The molecule has 1 aromatic carbocycles. The van der Waals surface area contributed by atoms with Crippen LogP contribution in [0, 0.1) is 0 Å². The third-order valence-corrected chi connectivity index (χ3v) is 5.19. The highest BCUT2D eigenvalue weighted by Crippen LogP contribution is 2.27. The van der Waals surface area contributed by atoms with Gasteiger partial charge in [0.2, 0.25) is 0 Å². The van der Waals surface area contributed by atoms with E-state index in [1.54, 1.807) is 7.11 Å². The number of methoxy groups -OCH3 is 1. The predicted molar refractivity (Wildman–Crippen MR) is 80.1 cm³/mol. The Morgan fingerprint density at radius 1 is 1.33 bits per heavy atom. The summed E-state index contributed by atoms with van der Waals surface area (Å²) in [5.41, 5.74) is 0. The lowest BCUT2D eigenvalue weighted by Gasteiger charge is -2.02. The molecule has 94 valence electrons. The number of Topliss-reactive ketones (excluding diaryl/α,β-unsaturated/α-hetero) is 1. The number of rotatable bonds is 5. The molecule has 0 unspecified atom stereocenters. The molecule has 0 saturated heterocycles. The molecule has 0 N–H and O–H groups in total. The Balaban J connectivity index is 1.95. The van der Waals surface area contributed by atoms with E-state index in [-0.39, 0.29) is 5.78 Å². The van der Waals surface area contributed by atoms with E-state index in [9.17, 15) is 4.79 Å². The SMILES string of the molecule is COc1ccc(SCC(=O)c2sccc2Br)cc1. The Morgan fingerprint density at radius 2 is 2.06 bits per heavy atom. The highest BCUT2D eigenvalue weighted by atomic mass is 79.9. The van der Waals surface area contributed by atoms with E-state index in [1.165, 1.54) is 23.1 Å². The molecule has 0 spiro atoms. The molecule has 0 aliphatic rings. The maximum absolute atomic E-state index is 12.0. The predicted octanol–water partition coefficient (Wildman–Crippen LogP) is 4.49. The van der Waals surface area contributed by atoms with Gasteiger partial charge in [0.05, 0.1) is 17.7 Å². The monoisotopic (exact) mass is 342 g/mol. The molecular formula is C13H11BrO2S2. The first-order valence-electron chi connectivity index (χ1n) is 5.24. The van der Waals surface area contributed by atoms with Crippen LogP contribution in [-0.2, 0) is 0 Å². The summed E-state index contributed by atoms with van der Waals surface area (Å²) in [6.45, 7) is 0. The lowest BCUT2D eigenvalue weighted by molar-refractivity contribution is 0.102. The van der Waals surface area contributed by atoms with Gasteiger partial charge in [-0.15, -0.1) is 23.1 Å². The lowest BCUT2D eigenvalue weighted by atomic mass is 10.3. The van der Waals surface area contributed by atoms with Crippen molar-refractivity contribution in [2.75, 3.05) is 12.9 Å². The minimum Gasteiger partial charge on any atom is -0.497 e. The van der Waals surface area contributed by atoms with Crippen LogP contribution in [0.3, 0.4) is 0 Å². The second kappa shape index (κ2) is 6.41. The molecule has 0 radical (unpaired) electrons. The van der Waals surface area contributed by atoms with Crippen molar-refractivity contribution in [1.29, 1.82) is 0 Å². The molecule has 0 atom stereocenters. The summed E-state index contributed by atoms with van der Waals surface area (Å²) in [6, 6.07) is 9.61. The summed E-state index contributed by atoms with van der Waals surface area (Å²) < 4.78 is 5.97. The summed E-state index contributed by atoms with van der Waals surface area (Å²) in [5.74, 6) is 1.43. The molecule has 2 nitrogen and oxygen atoms in total. The van der Waals surface area contributed by atoms with Crippen molar-refractivity contribution >= 4 is 44.8 Å². The highest BCUT2D eigenvalue weighted by Gasteiger charge is 2.11. The number of ketones is 1.